The van der Waals surface area contributed by atoms with Crippen LogP contribution in [-0.2, 0) is 0 Å². The van der Waals surface area contributed by atoms with Crippen molar-refractivity contribution in [3.63, 3.8) is 0 Å². The van der Waals surface area contributed by atoms with Gasteiger partial charge in [0.25, 0.3) is 0 Å². The number of fused-ring (bicyclic) bond motifs is 9. The van der Waals surface area contributed by atoms with E-state index in [2.05, 4.69) is 287 Å². The number of rotatable bonds is 8. The topological polar surface area (TPSA) is 14.8 Å². The lowest BCUT2D eigenvalue weighted by atomic mass is 10.1. The Morgan fingerprint density at radius 3 is 1.11 bits per heavy atom. The summed E-state index contributed by atoms with van der Waals surface area (Å²) < 4.78 is 7.46. The Kier molecular flexibility index (Phi) is 9.23. The van der Waals surface area contributed by atoms with E-state index in [0.29, 0.717) is 0 Å². The first kappa shape index (κ1) is 40.1. The molecule has 14 aromatic rings. The molecule has 0 N–H and O–H groups in total. The molecule has 3 aromatic heterocycles. The van der Waals surface area contributed by atoms with Crippen LogP contribution in [0.25, 0.3) is 93.6 Å². The van der Waals surface area contributed by atoms with E-state index in [9.17, 15) is 0 Å². The highest BCUT2D eigenvalue weighted by molar-refractivity contribution is 7.20. The Morgan fingerprint density at radius 2 is 0.586 bits per heavy atom. The Bertz CT molecular complexity index is 4110. The number of nitrogens with zero attached hydrogens (tertiary/aromatic N) is 3. The molecule has 0 unspecified atom stereocenters. The molecule has 3 heterocycles. The van der Waals surface area contributed by atoms with Crippen LogP contribution in [0.4, 0.5) is 0 Å². The van der Waals surface area contributed by atoms with Gasteiger partial charge in [-0.1, -0.05) is 206 Å². The smallest absolute Gasteiger partial charge is 0.181 e. The van der Waals surface area contributed by atoms with E-state index in [0.717, 1.165) is 17.1 Å². The molecule has 70 heavy (non-hydrogen) atoms. The van der Waals surface area contributed by atoms with Crippen molar-refractivity contribution in [3.05, 3.63) is 273 Å². The van der Waals surface area contributed by atoms with E-state index in [4.69, 9.17) is 0 Å². The molecule has 0 amide bonds. The normalized spacial score (nSPS) is 12.0. The summed E-state index contributed by atoms with van der Waals surface area (Å²) in [7, 11) is -3.03. The monoisotopic (exact) mass is 907 g/mol. The fourth-order valence-corrected chi connectivity index (χ4v) is 16.8. The molecule has 3 nitrogen and oxygen atoms in total. The molecular weight excluding hydrogens is 863 g/mol. The fourth-order valence-electron chi connectivity index (χ4n) is 11.8. The molecule has 0 aliphatic rings. The van der Waals surface area contributed by atoms with Gasteiger partial charge in [0.05, 0.1) is 33.1 Å². The van der Waals surface area contributed by atoms with Crippen LogP contribution >= 0.6 is 0 Å². The highest BCUT2D eigenvalue weighted by atomic mass is 28.3. The van der Waals surface area contributed by atoms with Gasteiger partial charge in [0.2, 0.25) is 0 Å². The Hall–Kier alpha value is -8.96. The van der Waals surface area contributed by atoms with Gasteiger partial charge in [0, 0.05) is 49.4 Å². The highest BCUT2D eigenvalue weighted by Gasteiger charge is 2.43. The first-order valence-corrected chi connectivity index (χ1v) is 26.2. The van der Waals surface area contributed by atoms with Crippen molar-refractivity contribution in [1.29, 1.82) is 0 Å². The third-order valence-electron chi connectivity index (χ3n) is 14.8. The van der Waals surface area contributed by atoms with Gasteiger partial charge in [-0.2, -0.15) is 0 Å². The van der Waals surface area contributed by atoms with E-state index >= 15 is 0 Å². The summed E-state index contributed by atoms with van der Waals surface area (Å²) in [6.07, 6.45) is 0. The maximum absolute atomic E-state index is 3.03. The lowest BCUT2D eigenvalue weighted by Crippen LogP contribution is -2.75. The van der Waals surface area contributed by atoms with Crippen molar-refractivity contribution in [3.8, 4) is 28.2 Å². The quantitative estimate of drug-likeness (QED) is 0.107. The van der Waals surface area contributed by atoms with Gasteiger partial charge in [0.1, 0.15) is 0 Å². The van der Waals surface area contributed by atoms with Crippen LogP contribution in [0.5, 0.6) is 0 Å². The molecule has 0 saturated heterocycles. The third-order valence-corrected chi connectivity index (χ3v) is 19.6. The van der Waals surface area contributed by atoms with E-state index in [1.54, 1.807) is 0 Å². The van der Waals surface area contributed by atoms with Gasteiger partial charge in [0.15, 0.2) is 8.07 Å². The Balaban J connectivity index is 1.09. The van der Waals surface area contributed by atoms with E-state index in [1.165, 1.54) is 97.3 Å². The maximum atomic E-state index is 2.59. The molecule has 0 saturated carbocycles. The number of para-hydroxylation sites is 4. The molecule has 0 atom stereocenters. The summed E-state index contributed by atoms with van der Waals surface area (Å²) in [5, 5.41) is 12.8. The van der Waals surface area contributed by atoms with Crippen molar-refractivity contribution < 1.29 is 0 Å². The van der Waals surface area contributed by atoms with Crippen molar-refractivity contribution >= 4 is 94.2 Å². The van der Waals surface area contributed by atoms with Crippen molar-refractivity contribution in [2.24, 2.45) is 0 Å². The summed E-state index contributed by atoms with van der Waals surface area (Å²) >= 11 is 0. The first-order chi connectivity index (χ1) is 34.8. The van der Waals surface area contributed by atoms with Gasteiger partial charge in [-0.15, -0.1) is 0 Å². The average molecular weight is 908 g/mol. The minimum atomic E-state index is -3.03. The molecule has 11 aromatic carbocycles. The largest absolute Gasteiger partial charge is 0.309 e. The Labute approximate surface area is 407 Å². The lowest BCUT2D eigenvalue weighted by molar-refractivity contribution is 1.16. The SMILES string of the molecule is c1ccc(-c2ccc(-n3c4ccccc4c4cc(-n5c6ccc(-n7c8ccccc8c8ccccc87)cc6c6cccc([Si](c7ccccc7)(c7ccccc7)c7ccccc7)c65)ccc43)cc2)cc1. The zero-order valence-electron chi connectivity index (χ0n) is 38.3. The first-order valence-electron chi connectivity index (χ1n) is 24.2. The van der Waals surface area contributed by atoms with Crippen LogP contribution in [0.3, 0.4) is 0 Å². The second-order valence-corrected chi connectivity index (χ2v) is 22.2. The summed E-state index contributed by atoms with van der Waals surface area (Å²) in [6.45, 7) is 0. The molecule has 14 rings (SSSR count). The van der Waals surface area contributed by atoms with Crippen molar-refractivity contribution in [1.82, 2.24) is 13.7 Å². The lowest BCUT2D eigenvalue weighted by Gasteiger charge is -2.35. The standard InChI is InChI=1S/C66H45N3Si/c1-5-20-46(21-6-1)47-36-38-48(39-37-47)67-62-34-18-15-30-56(62)58-45-50(41-42-63(58)67)69-64-43-40-49(68-60-32-16-13-28-54(60)55-29-14-17-33-61(55)68)44-59(64)57-31-19-35-65(66(57)69)70(51-22-7-2-8-23-51,52-24-9-3-10-25-52)53-26-11-4-12-27-53/h1-45H. The second kappa shape index (κ2) is 16.1. The molecule has 0 bridgehead atoms. The molecule has 0 radical (unpaired) electrons. The zero-order valence-corrected chi connectivity index (χ0v) is 39.3. The summed E-state index contributed by atoms with van der Waals surface area (Å²) in [5.74, 6) is 0. The van der Waals surface area contributed by atoms with Crippen molar-refractivity contribution in [2.75, 3.05) is 0 Å². The van der Waals surface area contributed by atoms with Crippen LogP contribution in [0.2, 0.25) is 0 Å². The molecule has 4 heteroatoms. The third kappa shape index (κ3) is 6.00. The summed E-state index contributed by atoms with van der Waals surface area (Å²) in [6, 6.07) is 101. The van der Waals surface area contributed by atoms with E-state index in [-0.39, 0.29) is 0 Å². The van der Waals surface area contributed by atoms with Gasteiger partial charge in [-0.05, 0) is 98.6 Å². The van der Waals surface area contributed by atoms with E-state index in [1.807, 2.05) is 0 Å². The maximum Gasteiger partial charge on any atom is 0.181 e. The summed E-state index contributed by atoms with van der Waals surface area (Å²) in [5.41, 5.74) is 13.0. The average Bonchev–Trinajstić information content (AvgIpc) is 4.08. The van der Waals surface area contributed by atoms with E-state index < -0.39 is 8.07 Å². The predicted octanol–water partition coefficient (Wildman–Crippen LogP) is 14.0. The minimum Gasteiger partial charge on any atom is -0.309 e. The number of hydrogen-bond acceptors (Lipinski definition) is 0. The van der Waals surface area contributed by atoms with Gasteiger partial charge in [-0.25, -0.2) is 0 Å². The predicted molar refractivity (Wildman–Crippen MR) is 299 cm³/mol. The molecule has 0 aliphatic carbocycles. The van der Waals surface area contributed by atoms with Crippen LogP contribution < -0.4 is 20.7 Å². The van der Waals surface area contributed by atoms with Gasteiger partial charge >= 0.3 is 0 Å². The minimum absolute atomic E-state index is 1.13. The van der Waals surface area contributed by atoms with Gasteiger partial charge in [-0.3, -0.25) is 0 Å². The molecule has 0 aliphatic heterocycles. The van der Waals surface area contributed by atoms with Crippen LogP contribution in [0.1, 0.15) is 0 Å². The molecular formula is C66H45N3Si. The zero-order chi connectivity index (χ0) is 46.2. The Morgan fingerprint density at radius 1 is 0.229 bits per heavy atom. The number of benzene rings is 11. The number of aromatic nitrogens is 3. The van der Waals surface area contributed by atoms with Gasteiger partial charge < -0.3 is 13.7 Å². The summed E-state index contributed by atoms with van der Waals surface area (Å²) in [4.78, 5) is 0. The van der Waals surface area contributed by atoms with Crippen LogP contribution in [0.15, 0.2) is 273 Å². The second-order valence-electron chi connectivity index (χ2n) is 18.4. The fraction of sp³-hybridized carbons (Fsp3) is 0. The van der Waals surface area contributed by atoms with Crippen molar-refractivity contribution in [2.45, 2.75) is 0 Å². The molecule has 328 valence electrons. The number of hydrogen-bond donors (Lipinski definition) is 0. The van der Waals surface area contributed by atoms with Crippen LogP contribution in [-0.4, -0.2) is 21.8 Å². The molecule has 0 fully saturated rings. The highest BCUT2D eigenvalue weighted by Crippen LogP contribution is 2.40. The van der Waals surface area contributed by atoms with Crippen LogP contribution in [0, 0.1) is 0 Å². The molecule has 0 spiro atoms.